The minimum atomic E-state index is 0.319. The summed E-state index contributed by atoms with van der Waals surface area (Å²) in [6.45, 7) is 6.48. The quantitative estimate of drug-likeness (QED) is 0.818. The smallest absolute Gasteiger partial charge is 0.229 e. The molecule has 0 amide bonds. The van der Waals surface area contributed by atoms with E-state index in [4.69, 9.17) is 5.73 Å². The standard InChI is InChI=1S/C12H18N6/c1-12(2)4-5-18(7-12)11-15-9(13)8-6-14-17(3)10(8)16-11/h6H,4-5,7H2,1-3H3,(H2,13,15,16). The molecule has 3 heterocycles. The van der Waals surface area contributed by atoms with Crippen LogP contribution in [0.4, 0.5) is 11.8 Å². The van der Waals surface area contributed by atoms with Crippen molar-refractivity contribution >= 4 is 22.8 Å². The van der Waals surface area contributed by atoms with Crippen molar-refractivity contribution in [3.05, 3.63) is 6.20 Å². The number of fused-ring (bicyclic) bond motifs is 1. The van der Waals surface area contributed by atoms with Crippen LogP contribution in [0.25, 0.3) is 11.0 Å². The zero-order valence-electron chi connectivity index (χ0n) is 11.0. The fourth-order valence-corrected chi connectivity index (χ4v) is 2.46. The Morgan fingerprint density at radius 3 is 2.78 bits per heavy atom. The van der Waals surface area contributed by atoms with Crippen LogP contribution in [0.1, 0.15) is 20.3 Å². The Labute approximate surface area is 106 Å². The van der Waals surface area contributed by atoms with E-state index in [0.717, 1.165) is 30.5 Å². The molecule has 1 saturated heterocycles. The van der Waals surface area contributed by atoms with E-state index in [1.807, 2.05) is 7.05 Å². The van der Waals surface area contributed by atoms with Crippen molar-refractivity contribution in [2.24, 2.45) is 12.5 Å². The molecule has 1 aliphatic rings. The van der Waals surface area contributed by atoms with Crippen molar-refractivity contribution in [1.29, 1.82) is 0 Å². The van der Waals surface area contributed by atoms with Gasteiger partial charge in [-0.15, -0.1) is 0 Å². The first-order chi connectivity index (χ1) is 8.46. The first-order valence-corrected chi connectivity index (χ1v) is 6.16. The summed E-state index contributed by atoms with van der Waals surface area (Å²) in [6, 6.07) is 0. The van der Waals surface area contributed by atoms with Gasteiger partial charge in [0.05, 0.1) is 11.6 Å². The first-order valence-electron chi connectivity index (χ1n) is 6.16. The van der Waals surface area contributed by atoms with Gasteiger partial charge in [-0.1, -0.05) is 13.8 Å². The number of nitrogen functional groups attached to an aromatic ring is 1. The van der Waals surface area contributed by atoms with Crippen molar-refractivity contribution in [2.45, 2.75) is 20.3 Å². The van der Waals surface area contributed by atoms with Crippen LogP contribution in [0.2, 0.25) is 0 Å². The van der Waals surface area contributed by atoms with Gasteiger partial charge >= 0.3 is 0 Å². The second-order valence-electron chi connectivity index (χ2n) is 5.75. The molecule has 3 rings (SSSR count). The highest BCUT2D eigenvalue weighted by Gasteiger charge is 2.31. The third-order valence-electron chi connectivity index (χ3n) is 3.57. The van der Waals surface area contributed by atoms with E-state index < -0.39 is 0 Å². The zero-order chi connectivity index (χ0) is 12.9. The van der Waals surface area contributed by atoms with E-state index in [1.165, 1.54) is 0 Å². The van der Waals surface area contributed by atoms with Crippen LogP contribution in [0.15, 0.2) is 6.20 Å². The fourth-order valence-electron chi connectivity index (χ4n) is 2.46. The topological polar surface area (TPSA) is 72.9 Å². The zero-order valence-corrected chi connectivity index (χ0v) is 11.0. The minimum Gasteiger partial charge on any atom is -0.383 e. The molecule has 0 saturated carbocycles. The summed E-state index contributed by atoms with van der Waals surface area (Å²) < 4.78 is 1.73. The molecule has 2 aromatic rings. The van der Waals surface area contributed by atoms with Gasteiger partial charge in [0.25, 0.3) is 0 Å². The molecule has 96 valence electrons. The van der Waals surface area contributed by atoms with Crippen LogP contribution >= 0.6 is 0 Å². The molecule has 2 N–H and O–H groups in total. The van der Waals surface area contributed by atoms with Gasteiger partial charge in [0.15, 0.2) is 5.65 Å². The molecule has 0 radical (unpaired) electrons. The maximum Gasteiger partial charge on any atom is 0.229 e. The Kier molecular flexibility index (Phi) is 2.23. The van der Waals surface area contributed by atoms with E-state index in [2.05, 4.69) is 33.8 Å². The fraction of sp³-hybridized carbons (Fsp3) is 0.583. The van der Waals surface area contributed by atoms with Crippen LogP contribution in [0.5, 0.6) is 0 Å². The third kappa shape index (κ3) is 1.68. The van der Waals surface area contributed by atoms with Crippen LogP contribution in [-0.2, 0) is 7.05 Å². The maximum atomic E-state index is 5.97. The number of aryl methyl sites for hydroxylation is 1. The highest BCUT2D eigenvalue weighted by atomic mass is 15.3. The predicted molar refractivity (Wildman–Crippen MR) is 71.3 cm³/mol. The van der Waals surface area contributed by atoms with Gasteiger partial charge in [-0.2, -0.15) is 15.1 Å². The molecular formula is C12H18N6. The Hall–Kier alpha value is -1.85. The normalized spacial score (nSPS) is 18.7. The number of nitrogens with zero attached hydrogens (tertiary/aromatic N) is 5. The number of rotatable bonds is 1. The second-order valence-corrected chi connectivity index (χ2v) is 5.75. The molecule has 6 heteroatoms. The molecule has 0 bridgehead atoms. The molecule has 6 nitrogen and oxygen atoms in total. The molecule has 18 heavy (non-hydrogen) atoms. The summed E-state index contributed by atoms with van der Waals surface area (Å²) in [5.74, 6) is 1.22. The van der Waals surface area contributed by atoms with Gasteiger partial charge in [-0.05, 0) is 11.8 Å². The predicted octanol–water partition coefficient (Wildman–Crippen LogP) is 1.18. The number of aromatic nitrogens is 4. The molecule has 0 aromatic carbocycles. The molecule has 0 spiro atoms. The van der Waals surface area contributed by atoms with Gasteiger partial charge in [-0.3, -0.25) is 4.68 Å². The Morgan fingerprint density at radius 2 is 2.11 bits per heavy atom. The van der Waals surface area contributed by atoms with Crippen LogP contribution < -0.4 is 10.6 Å². The molecule has 1 aliphatic heterocycles. The molecule has 2 aromatic heterocycles. The largest absolute Gasteiger partial charge is 0.383 e. The van der Waals surface area contributed by atoms with Crippen LogP contribution in [0, 0.1) is 5.41 Å². The second kappa shape index (κ2) is 3.57. The summed E-state index contributed by atoms with van der Waals surface area (Å²) in [5, 5.41) is 4.99. The molecule has 0 atom stereocenters. The summed E-state index contributed by atoms with van der Waals surface area (Å²) in [6.07, 6.45) is 2.86. The lowest BCUT2D eigenvalue weighted by Crippen LogP contribution is -2.25. The average molecular weight is 246 g/mol. The van der Waals surface area contributed by atoms with Gasteiger partial charge in [0.2, 0.25) is 5.95 Å². The lowest BCUT2D eigenvalue weighted by atomic mass is 9.93. The van der Waals surface area contributed by atoms with E-state index in [-0.39, 0.29) is 0 Å². The van der Waals surface area contributed by atoms with Crippen molar-refractivity contribution in [3.63, 3.8) is 0 Å². The Balaban J connectivity index is 2.05. The van der Waals surface area contributed by atoms with Gasteiger partial charge < -0.3 is 10.6 Å². The third-order valence-corrected chi connectivity index (χ3v) is 3.57. The van der Waals surface area contributed by atoms with Crippen LogP contribution in [-0.4, -0.2) is 32.8 Å². The minimum absolute atomic E-state index is 0.319. The molecule has 0 unspecified atom stereocenters. The summed E-state index contributed by atoms with van der Waals surface area (Å²) in [5.41, 5.74) is 7.09. The average Bonchev–Trinajstić information content (AvgIpc) is 2.83. The number of nitrogens with two attached hydrogens (primary N) is 1. The molecular weight excluding hydrogens is 228 g/mol. The maximum absolute atomic E-state index is 5.97. The SMILES string of the molecule is Cn1ncc2c(N)nc(N3CCC(C)(C)C3)nc21. The van der Waals surface area contributed by atoms with Crippen molar-refractivity contribution in [3.8, 4) is 0 Å². The van der Waals surface area contributed by atoms with E-state index in [1.54, 1.807) is 10.9 Å². The van der Waals surface area contributed by atoms with Crippen molar-refractivity contribution < 1.29 is 0 Å². The van der Waals surface area contributed by atoms with Crippen molar-refractivity contribution in [1.82, 2.24) is 19.7 Å². The van der Waals surface area contributed by atoms with Gasteiger partial charge in [-0.25, -0.2) is 0 Å². The molecule has 1 fully saturated rings. The lowest BCUT2D eigenvalue weighted by Gasteiger charge is -2.19. The number of hydrogen-bond donors (Lipinski definition) is 1. The summed E-state index contributed by atoms with van der Waals surface area (Å²) >= 11 is 0. The summed E-state index contributed by atoms with van der Waals surface area (Å²) in [4.78, 5) is 11.2. The Bertz CT molecular complexity index is 600. The highest BCUT2D eigenvalue weighted by Crippen LogP contribution is 2.32. The van der Waals surface area contributed by atoms with Gasteiger partial charge in [0, 0.05) is 20.1 Å². The Morgan fingerprint density at radius 1 is 1.33 bits per heavy atom. The lowest BCUT2D eigenvalue weighted by molar-refractivity contribution is 0.418. The monoisotopic (exact) mass is 246 g/mol. The number of hydrogen-bond acceptors (Lipinski definition) is 5. The van der Waals surface area contributed by atoms with E-state index in [9.17, 15) is 0 Å². The van der Waals surface area contributed by atoms with Crippen LogP contribution in [0.3, 0.4) is 0 Å². The first kappa shape index (κ1) is 11.3. The number of anilines is 2. The van der Waals surface area contributed by atoms with E-state index >= 15 is 0 Å². The van der Waals surface area contributed by atoms with E-state index in [0.29, 0.717) is 17.2 Å². The molecule has 0 aliphatic carbocycles. The van der Waals surface area contributed by atoms with Gasteiger partial charge in [0.1, 0.15) is 5.82 Å². The summed E-state index contributed by atoms with van der Waals surface area (Å²) in [7, 11) is 1.87. The van der Waals surface area contributed by atoms with Crippen molar-refractivity contribution in [2.75, 3.05) is 23.7 Å². The highest BCUT2D eigenvalue weighted by molar-refractivity contribution is 5.86.